The van der Waals surface area contributed by atoms with Gasteiger partial charge in [-0.25, -0.2) is 4.39 Å². The first kappa shape index (κ1) is 22.6. The first-order chi connectivity index (χ1) is 11.8. The molecule has 1 N–H and O–H groups in total. The quantitative estimate of drug-likeness (QED) is 0.608. The summed E-state index contributed by atoms with van der Waals surface area (Å²) in [5.74, 6) is 0.805. The molecule has 0 spiro atoms. The summed E-state index contributed by atoms with van der Waals surface area (Å²) in [4.78, 5) is 0. The van der Waals surface area contributed by atoms with Gasteiger partial charge in [-0.05, 0) is 55.7 Å². The van der Waals surface area contributed by atoms with Gasteiger partial charge in [0.25, 0.3) is 0 Å². The summed E-state index contributed by atoms with van der Waals surface area (Å²) in [7, 11) is 1.59. The summed E-state index contributed by atoms with van der Waals surface area (Å²) in [6.07, 6.45) is 1.02. The van der Waals surface area contributed by atoms with Gasteiger partial charge in [0.15, 0.2) is 11.5 Å². The van der Waals surface area contributed by atoms with Crippen LogP contribution >= 0.6 is 24.0 Å². The zero-order valence-electron chi connectivity index (χ0n) is 15.6. The van der Waals surface area contributed by atoms with E-state index in [1.54, 1.807) is 19.2 Å². The van der Waals surface area contributed by atoms with Crippen molar-refractivity contribution in [2.75, 3.05) is 7.11 Å². The second-order valence-corrected chi connectivity index (χ2v) is 7.02. The van der Waals surface area contributed by atoms with Crippen LogP contribution in [0.4, 0.5) is 4.39 Å². The first-order valence-corrected chi connectivity index (χ1v) is 8.71. The fraction of sp³-hybridized carbons (Fsp3) is 0.400. The molecule has 0 bridgehead atoms. The molecule has 0 radical (unpaired) electrons. The minimum absolute atomic E-state index is 0. The highest BCUT2D eigenvalue weighted by Crippen LogP contribution is 2.37. The van der Waals surface area contributed by atoms with Gasteiger partial charge in [0, 0.05) is 12.1 Å². The van der Waals surface area contributed by atoms with Crippen LogP contribution < -0.4 is 14.8 Å². The number of methoxy groups -OCH3 is 1. The maximum Gasteiger partial charge on any atom is 0.180 e. The largest absolute Gasteiger partial charge is 0.493 e. The lowest BCUT2D eigenvalue weighted by molar-refractivity contribution is 0.284. The molecule has 0 unspecified atom stereocenters. The average Bonchev–Trinajstić information content (AvgIpc) is 2.60. The molecule has 2 rings (SSSR count). The summed E-state index contributed by atoms with van der Waals surface area (Å²) in [6.45, 7) is 7.44. The Kier molecular flexibility index (Phi) is 8.68. The predicted octanol–water partition coefficient (Wildman–Crippen LogP) is 5.77. The van der Waals surface area contributed by atoms with Crippen LogP contribution in [-0.4, -0.2) is 12.6 Å². The van der Waals surface area contributed by atoms with E-state index >= 15 is 0 Å². The molecule has 6 heteroatoms. The highest BCUT2D eigenvalue weighted by Gasteiger charge is 2.16. The molecule has 0 saturated carbocycles. The van der Waals surface area contributed by atoms with Crippen molar-refractivity contribution in [2.45, 2.75) is 45.9 Å². The van der Waals surface area contributed by atoms with Crippen molar-refractivity contribution >= 4 is 24.0 Å². The Balaban J connectivity index is 0.00000338. The number of ether oxygens (including phenoxy) is 2. The van der Waals surface area contributed by atoms with Crippen molar-refractivity contribution in [2.24, 2.45) is 0 Å². The Labute approximate surface area is 166 Å². The highest BCUT2D eigenvalue weighted by atomic mass is 35.5. The number of hydrogen-bond acceptors (Lipinski definition) is 3. The standard InChI is InChI=1S/C20H25ClFNO2.ClH/c1-5-20(2,3)23-12-15-10-17(21)19(18(11-15)24-4)25-13-14-6-8-16(22)9-7-14;/h6-11,23H,5,12-13H2,1-4H3;1H. The summed E-state index contributed by atoms with van der Waals surface area (Å²) < 4.78 is 24.2. The van der Waals surface area contributed by atoms with E-state index in [0.717, 1.165) is 17.5 Å². The number of nitrogens with one attached hydrogen (secondary N) is 1. The smallest absolute Gasteiger partial charge is 0.180 e. The highest BCUT2D eigenvalue weighted by molar-refractivity contribution is 6.32. The van der Waals surface area contributed by atoms with Crippen LogP contribution in [0.2, 0.25) is 5.02 Å². The van der Waals surface area contributed by atoms with Crippen LogP contribution in [0.25, 0.3) is 0 Å². The van der Waals surface area contributed by atoms with Gasteiger partial charge in [-0.15, -0.1) is 12.4 Å². The van der Waals surface area contributed by atoms with Gasteiger partial charge in [-0.3, -0.25) is 0 Å². The minimum Gasteiger partial charge on any atom is -0.493 e. The zero-order chi connectivity index (χ0) is 18.4. The van der Waals surface area contributed by atoms with Gasteiger partial charge in [-0.1, -0.05) is 30.7 Å². The van der Waals surface area contributed by atoms with Gasteiger partial charge < -0.3 is 14.8 Å². The van der Waals surface area contributed by atoms with E-state index in [1.807, 2.05) is 12.1 Å². The molecule has 26 heavy (non-hydrogen) atoms. The van der Waals surface area contributed by atoms with E-state index in [2.05, 4.69) is 26.1 Å². The number of halogens is 3. The molecule has 0 saturated heterocycles. The molecule has 0 fully saturated rings. The fourth-order valence-electron chi connectivity index (χ4n) is 2.22. The number of hydrogen-bond donors (Lipinski definition) is 1. The van der Waals surface area contributed by atoms with Crippen molar-refractivity contribution in [3.05, 3.63) is 58.4 Å². The van der Waals surface area contributed by atoms with Crippen LogP contribution in [-0.2, 0) is 13.2 Å². The Morgan fingerprint density at radius 3 is 2.35 bits per heavy atom. The summed E-state index contributed by atoms with van der Waals surface area (Å²) in [6, 6.07) is 9.97. The molecule has 0 amide bonds. The van der Waals surface area contributed by atoms with Gasteiger partial charge >= 0.3 is 0 Å². The van der Waals surface area contributed by atoms with E-state index in [0.29, 0.717) is 23.1 Å². The van der Waals surface area contributed by atoms with Crippen molar-refractivity contribution in [1.29, 1.82) is 0 Å². The van der Waals surface area contributed by atoms with E-state index in [9.17, 15) is 4.39 Å². The van der Waals surface area contributed by atoms with E-state index in [-0.39, 0.29) is 30.4 Å². The first-order valence-electron chi connectivity index (χ1n) is 8.33. The molecule has 0 heterocycles. The maximum absolute atomic E-state index is 13.0. The molecule has 2 aromatic carbocycles. The normalized spacial score (nSPS) is 11.0. The van der Waals surface area contributed by atoms with Crippen LogP contribution in [0.1, 0.15) is 38.3 Å². The number of benzene rings is 2. The van der Waals surface area contributed by atoms with Crippen LogP contribution in [0.5, 0.6) is 11.5 Å². The summed E-state index contributed by atoms with van der Waals surface area (Å²) in [5, 5.41) is 3.99. The SMILES string of the molecule is CCC(C)(C)NCc1cc(Cl)c(OCc2ccc(F)cc2)c(OC)c1.Cl. The van der Waals surface area contributed by atoms with Crippen molar-refractivity contribution in [3.8, 4) is 11.5 Å². The van der Waals surface area contributed by atoms with Gasteiger partial charge in [-0.2, -0.15) is 0 Å². The fourth-order valence-corrected chi connectivity index (χ4v) is 2.51. The lowest BCUT2D eigenvalue weighted by atomic mass is 10.0. The zero-order valence-corrected chi connectivity index (χ0v) is 17.1. The van der Waals surface area contributed by atoms with E-state index in [4.69, 9.17) is 21.1 Å². The molecule has 3 nitrogen and oxygen atoms in total. The Hall–Kier alpha value is -1.49. The third-order valence-corrected chi connectivity index (χ3v) is 4.52. The van der Waals surface area contributed by atoms with Crippen molar-refractivity contribution < 1.29 is 13.9 Å². The topological polar surface area (TPSA) is 30.5 Å². The molecule has 2 aromatic rings. The van der Waals surface area contributed by atoms with Crippen LogP contribution in [0.15, 0.2) is 36.4 Å². The van der Waals surface area contributed by atoms with E-state index < -0.39 is 0 Å². The van der Waals surface area contributed by atoms with Crippen molar-refractivity contribution in [3.63, 3.8) is 0 Å². The molecule has 0 aliphatic heterocycles. The molecular formula is C20H26Cl2FNO2. The Bertz CT molecular complexity index is 706. The average molecular weight is 402 g/mol. The summed E-state index contributed by atoms with van der Waals surface area (Å²) in [5.41, 5.74) is 1.93. The third kappa shape index (κ3) is 6.35. The Morgan fingerprint density at radius 1 is 1.12 bits per heavy atom. The lowest BCUT2D eigenvalue weighted by Crippen LogP contribution is -2.37. The molecule has 144 valence electrons. The van der Waals surface area contributed by atoms with Crippen molar-refractivity contribution in [1.82, 2.24) is 5.32 Å². The van der Waals surface area contributed by atoms with E-state index in [1.165, 1.54) is 12.1 Å². The second-order valence-electron chi connectivity index (χ2n) is 6.62. The van der Waals surface area contributed by atoms with Gasteiger partial charge in [0.2, 0.25) is 0 Å². The minimum atomic E-state index is -0.272. The summed E-state index contributed by atoms with van der Waals surface area (Å²) >= 11 is 6.40. The molecule has 0 aliphatic carbocycles. The molecule has 0 aromatic heterocycles. The lowest BCUT2D eigenvalue weighted by Gasteiger charge is -2.25. The molecule has 0 aliphatic rings. The monoisotopic (exact) mass is 401 g/mol. The van der Waals surface area contributed by atoms with Crippen LogP contribution in [0, 0.1) is 5.82 Å². The number of rotatable bonds is 8. The second kappa shape index (κ2) is 10.0. The van der Waals surface area contributed by atoms with Gasteiger partial charge in [0.05, 0.1) is 12.1 Å². The molecular weight excluding hydrogens is 376 g/mol. The van der Waals surface area contributed by atoms with Gasteiger partial charge in [0.1, 0.15) is 12.4 Å². The Morgan fingerprint density at radius 2 is 1.77 bits per heavy atom. The predicted molar refractivity (Wildman–Crippen MR) is 107 cm³/mol. The third-order valence-electron chi connectivity index (χ3n) is 4.24. The molecule has 0 atom stereocenters. The van der Waals surface area contributed by atoms with Crippen LogP contribution in [0.3, 0.4) is 0 Å². The maximum atomic E-state index is 13.0.